The Hall–Kier alpha value is -1.95. The smallest absolute Gasteiger partial charge is 0.210 e. The second kappa shape index (κ2) is 9.68. The lowest BCUT2D eigenvalue weighted by molar-refractivity contribution is -0.223. The molecule has 168 valence electrons. The largest absolute Gasteiger partial charge is 0.410 e. The summed E-state index contributed by atoms with van der Waals surface area (Å²) in [4.78, 5) is 12.3. The van der Waals surface area contributed by atoms with Crippen molar-refractivity contribution in [2.45, 2.75) is 78.3 Å². The van der Waals surface area contributed by atoms with E-state index in [2.05, 4.69) is 45.0 Å². The van der Waals surface area contributed by atoms with Crippen LogP contribution in [0.1, 0.15) is 60.3 Å². The average molecular weight is 446 g/mol. The number of hydrogen-bond acceptors (Lipinski definition) is 5. The summed E-state index contributed by atoms with van der Waals surface area (Å²) in [7, 11) is 0. The van der Waals surface area contributed by atoms with Gasteiger partial charge in [-0.3, -0.25) is 4.79 Å². The standard InChI is InChI=1S/C25H32ClNO4/c1-15(2)7-6-8-16(3)9-19-10-17(4)13-25(30-19)14-21(24(26)27-29)20-12-22(28)18(5)11-23(20)31-25/h7,9,11,13-14,19-20,23,29H,6,8,10,12H2,1-5H3/b16-9+,27-24-/t19-,20-,23-,25+/m1/s1. The highest BCUT2D eigenvalue weighted by molar-refractivity contribution is 6.69. The fourth-order valence-electron chi connectivity index (χ4n) is 4.43. The van der Waals surface area contributed by atoms with Gasteiger partial charge in [0.2, 0.25) is 5.79 Å². The zero-order valence-corrected chi connectivity index (χ0v) is 19.7. The summed E-state index contributed by atoms with van der Waals surface area (Å²) in [5.41, 5.74) is 4.96. The Bertz CT molecular complexity index is 920. The van der Waals surface area contributed by atoms with Gasteiger partial charge in [-0.1, -0.05) is 45.6 Å². The van der Waals surface area contributed by atoms with Gasteiger partial charge in [0.05, 0.1) is 12.2 Å². The number of allylic oxidation sites excluding steroid dienone is 4. The van der Waals surface area contributed by atoms with Gasteiger partial charge >= 0.3 is 0 Å². The molecule has 2 aliphatic heterocycles. The van der Waals surface area contributed by atoms with Crippen LogP contribution in [-0.4, -0.2) is 34.2 Å². The number of Topliss-reactive ketones (excluding diaryl/α,β-unsaturated/α-hetero) is 1. The maximum atomic E-state index is 12.3. The molecule has 0 saturated carbocycles. The fourth-order valence-corrected chi connectivity index (χ4v) is 4.62. The maximum absolute atomic E-state index is 12.3. The van der Waals surface area contributed by atoms with E-state index in [0.717, 1.165) is 24.8 Å². The Labute approximate surface area is 189 Å². The zero-order valence-electron chi connectivity index (χ0n) is 18.9. The average Bonchev–Trinajstić information content (AvgIpc) is 2.67. The molecule has 3 aliphatic rings. The van der Waals surface area contributed by atoms with Gasteiger partial charge in [0.1, 0.15) is 0 Å². The molecule has 3 rings (SSSR count). The van der Waals surface area contributed by atoms with E-state index in [1.165, 1.54) is 11.1 Å². The predicted molar refractivity (Wildman–Crippen MR) is 123 cm³/mol. The van der Waals surface area contributed by atoms with Crippen molar-refractivity contribution in [3.63, 3.8) is 0 Å². The Morgan fingerprint density at radius 2 is 2.00 bits per heavy atom. The van der Waals surface area contributed by atoms with Gasteiger partial charge in [-0.05, 0) is 77.7 Å². The van der Waals surface area contributed by atoms with Crippen molar-refractivity contribution in [2.75, 3.05) is 0 Å². The lowest BCUT2D eigenvalue weighted by Crippen LogP contribution is -2.49. The molecular formula is C25H32ClNO4. The lowest BCUT2D eigenvalue weighted by atomic mass is 9.79. The molecule has 5 nitrogen and oxygen atoms in total. The van der Waals surface area contributed by atoms with Crippen LogP contribution in [-0.2, 0) is 14.3 Å². The van der Waals surface area contributed by atoms with Crippen molar-refractivity contribution >= 4 is 22.6 Å². The number of carbonyl (C=O) groups excluding carboxylic acids is 1. The number of hydrogen-bond donors (Lipinski definition) is 1. The number of nitrogens with zero attached hydrogens (tertiary/aromatic N) is 1. The minimum absolute atomic E-state index is 0.0383. The van der Waals surface area contributed by atoms with E-state index in [-0.39, 0.29) is 29.4 Å². The summed E-state index contributed by atoms with van der Waals surface area (Å²) in [6.45, 7) is 10.2. The highest BCUT2D eigenvalue weighted by Crippen LogP contribution is 2.43. The molecule has 0 aromatic carbocycles. The first-order valence-electron chi connectivity index (χ1n) is 10.8. The highest BCUT2D eigenvalue weighted by atomic mass is 35.5. The van der Waals surface area contributed by atoms with E-state index in [1.807, 2.05) is 12.2 Å². The Morgan fingerprint density at radius 3 is 2.68 bits per heavy atom. The van der Waals surface area contributed by atoms with Gasteiger partial charge in [-0.2, -0.15) is 0 Å². The number of carbonyl (C=O) groups is 1. The molecule has 0 radical (unpaired) electrons. The molecule has 2 heterocycles. The molecule has 1 spiro atoms. The van der Waals surface area contributed by atoms with E-state index in [1.54, 1.807) is 13.0 Å². The third-order valence-electron chi connectivity index (χ3n) is 5.93. The lowest BCUT2D eigenvalue weighted by Gasteiger charge is -2.45. The fraction of sp³-hybridized carbons (Fsp3) is 0.520. The first-order valence-corrected chi connectivity index (χ1v) is 11.2. The molecule has 0 fully saturated rings. The highest BCUT2D eigenvalue weighted by Gasteiger charge is 2.46. The van der Waals surface area contributed by atoms with Crippen molar-refractivity contribution in [2.24, 2.45) is 11.1 Å². The molecule has 6 heteroatoms. The van der Waals surface area contributed by atoms with Crippen molar-refractivity contribution in [3.05, 3.63) is 58.2 Å². The Morgan fingerprint density at radius 1 is 1.26 bits per heavy atom. The molecule has 1 N–H and O–H groups in total. The molecule has 0 bridgehead atoms. The summed E-state index contributed by atoms with van der Waals surface area (Å²) in [6.07, 6.45) is 12.4. The van der Waals surface area contributed by atoms with Crippen LogP contribution in [0, 0.1) is 5.92 Å². The summed E-state index contributed by atoms with van der Waals surface area (Å²) >= 11 is 6.24. The summed E-state index contributed by atoms with van der Waals surface area (Å²) in [6, 6.07) is 0. The van der Waals surface area contributed by atoms with E-state index in [9.17, 15) is 10.0 Å². The molecule has 1 aliphatic carbocycles. The Balaban J connectivity index is 1.92. The molecule has 0 aromatic rings. The molecule has 0 unspecified atom stereocenters. The summed E-state index contributed by atoms with van der Waals surface area (Å²) in [5, 5.41) is 12.5. The van der Waals surface area contributed by atoms with Gasteiger partial charge in [-0.15, -0.1) is 0 Å². The molecule has 31 heavy (non-hydrogen) atoms. The van der Waals surface area contributed by atoms with E-state index in [4.69, 9.17) is 21.1 Å². The molecule has 0 amide bonds. The van der Waals surface area contributed by atoms with Crippen LogP contribution in [0.25, 0.3) is 0 Å². The summed E-state index contributed by atoms with van der Waals surface area (Å²) in [5.74, 6) is -1.38. The minimum Gasteiger partial charge on any atom is -0.410 e. The number of halogens is 1. The van der Waals surface area contributed by atoms with Crippen molar-refractivity contribution in [3.8, 4) is 0 Å². The summed E-state index contributed by atoms with van der Waals surface area (Å²) < 4.78 is 12.9. The zero-order chi connectivity index (χ0) is 22.8. The van der Waals surface area contributed by atoms with Crippen LogP contribution in [0.5, 0.6) is 0 Å². The van der Waals surface area contributed by atoms with Crippen LogP contribution < -0.4 is 0 Å². The van der Waals surface area contributed by atoms with Gasteiger partial charge in [0.25, 0.3) is 0 Å². The van der Waals surface area contributed by atoms with Crippen molar-refractivity contribution in [1.29, 1.82) is 0 Å². The van der Waals surface area contributed by atoms with Gasteiger partial charge in [0.15, 0.2) is 11.0 Å². The van der Waals surface area contributed by atoms with Crippen LogP contribution in [0.2, 0.25) is 0 Å². The number of ether oxygens (including phenoxy) is 2. The molecule has 4 atom stereocenters. The number of rotatable bonds is 5. The van der Waals surface area contributed by atoms with Crippen LogP contribution in [0.15, 0.2) is 63.4 Å². The van der Waals surface area contributed by atoms with Crippen LogP contribution in [0.3, 0.4) is 0 Å². The van der Waals surface area contributed by atoms with E-state index < -0.39 is 11.9 Å². The van der Waals surface area contributed by atoms with Gasteiger partial charge in [-0.25, -0.2) is 0 Å². The topological polar surface area (TPSA) is 68.1 Å². The number of fused-ring (bicyclic) bond motifs is 1. The maximum Gasteiger partial charge on any atom is 0.210 e. The van der Waals surface area contributed by atoms with Gasteiger partial charge in [0, 0.05) is 17.9 Å². The number of oxime groups is 1. The first kappa shape index (κ1) is 23.7. The van der Waals surface area contributed by atoms with Crippen LogP contribution in [0.4, 0.5) is 0 Å². The predicted octanol–water partition coefficient (Wildman–Crippen LogP) is 6.00. The van der Waals surface area contributed by atoms with E-state index >= 15 is 0 Å². The quantitative estimate of drug-likeness (QED) is 0.244. The van der Waals surface area contributed by atoms with Crippen molar-refractivity contribution < 1.29 is 19.5 Å². The molecular weight excluding hydrogens is 414 g/mol. The third kappa shape index (κ3) is 5.65. The molecule has 0 aromatic heterocycles. The third-order valence-corrected chi connectivity index (χ3v) is 6.22. The monoisotopic (exact) mass is 445 g/mol. The Kier molecular flexibility index (Phi) is 7.40. The second-order valence-electron chi connectivity index (χ2n) is 9.06. The minimum atomic E-state index is -1.12. The molecule has 0 saturated heterocycles. The number of ketones is 1. The normalized spacial score (nSPS) is 31.6. The van der Waals surface area contributed by atoms with Gasteiger partial charge < -0.3 is 14.7 Å². The van der Waals surface area contributed by atoms with Crippen LogP contribution >= 0.6 is 11.6 Å². The first-order chi connectivity index (χ1) is 14.6. The SMILES string of the molecule is CC(C)=CCC/C(C)=C/[C@@H]1CC(C)=C[C@]2(C=C(/C(Cl)=N/O)[C@H]3CC(=O)C(C)=C[C@H]3O2)O1. The second-order valence-corrected chi connectivity index (χ2v) is 9.42. The van der Waals surface area contributed by atoms with E-state index in [0.29, 0.717) is 11.1 Å². The van der Waals surface area contributed by atoms with Crippen molar-refractivity contribution in [1.82, 2.24) is 0 Å².